The molecule has 0 bridgehead atoms. The van der Waals surface area contributed by atoms with Crippen molar-refractivity contribution in [1.82, 2.24) is 10.5 Å². The molecule has 2 aromatic rings. The van der Waals surface area contributed by atoms with Crippen LogP contribution in [0.5, 0.6) is 0 Å². The van der Waals surface area contributed by atoms with Gasteiger partial charge in [0.25, 0.3) is 5.69 Å². The SMILES string of the molecule is O=[N+]([O-])c1ccc(CNCc2ccno2)c(Br)c1. The van der Waals surface area contributed by atoms with Gasteiger partial charge in [-0.05, 0) is 11.6 Å². The van der Waals surface area contributed by atoms with E-state index >= 15 is 0 Å². The van der Waals surface area contributed by atoms with Crippen LogP contribution in [0, 0.1) is 10.1 Å². The molecule has 0 aliphatic heterocycles. The number of nitrogens with zero attached hydrogens (tertiary/aromatic N) is 2. The predicted molar refractivity (Wildman–Crippen MR) is 67.8 cm³/mol. The first-order valence-electron chi connectivity index (χ1n) is 5.20. The van der Waals surface area contributed by atoms with Crippen molar-refractivity contribution >= 4 is 21.6 Å². The van der Waals surface area contributed by atoms with Gasteiger partial charge in [-0.2, -0.15) is 0 Å². The third-order valence-corrected chi connectivity index (χ3v) is 3.09. The average Bonchev–Trinajstić information content (AvgIpc) is 2.84. The van der Waals surface area contributed by atoms with Gasteiger partial charge in [0.15, 0.2) is 0 Å². The van der Waals surface area contributed by atoms with Crippen molar-refractivity contribution in [2.75, 3.05) is 0 Å². The van der Waals surface area contributed by atoms with E-state index in [1.807, 2.05) is 0 Å². The predicted octanol–water partition coefficient (Wildman–Crippen LogP) is 2.64. The standard InChI is InChI=1S/C11H10BrN3O3/c12-11-5-9(15(16)17)2-1-8(11)6-13-7-10-3-4-14-18-10/h1-5,13H,6-7H2. The Morgan fingerprint density at radius 1 is 1.39 bits per heavy atom. The lowest BCUT2D eigenvalue weighted by Gasteiger charge is -2.05. The highest BCUT2D eigenvalue weighted by Gasteiger charge is 2.08. The summed E-state index contributed by atoms with van der Waals surface area (Å²) in [5, 5.41) is 17.3. The topological polar surface area (TPSA) is 81.2 Å². The van der Waals surface area contributed by atoms with Crippen LogP contribution in [0.15, 0.2) is 39.5 Å². The summed E-state index contributed by atoms with van der Waals surface area (Å²) in [6.07, 6.45) is 1.58. The number of rotatable bonds is 5. The molecular formula is C11H10BrN3O3. The Balaban J connectivity index is 1.95. The minimum atomic E-state index is -0.420. The number of hydrogen-bond acceptors (Lipinski definition) is 5. The molecule has 94 valence electrons. The highest BCUT2D eigenvalue weighted by molar-refractivity contribution is 9.10. The van der Waals surface area contributed by atoms with Gasteiger partial charge in [-0.1, -0.05) is 21.1 Å². The monoisotopic (exact) mass is 311 g/mol. The van der Waals surface area contributed by atoms with E-state index in [0.717, 1.165) is 11.3 Å². The van der Waals surface area contributed by atoms with E-state index < -0.39 is 4.92 Å². The molecule has 0 amide bonds. The second-order valence-electron chi connectivity index (χ2n) is 3.62. The van der Waals surface area contributed by atoms with Gasteiger partial charge in [0.2, 0.25) is 0 Å². The second kappa shape index (κ2) is 5.74. The first-order chi connectivity index (χ1) is 8.66. The highest BCUT2D eigenvalue weighted by Crippen LogP contribution is 2.22. The maximum absolute atomic E-state index is 10.6. The van der Waals surface area contributed by atoms with Crippen LogP contribution in [0.25, 0.3) is 0 Å². The van der Waals surface area contributed by atoms with E-state index in [2.05, 4.69) is 26.4 Å². The van der Waals surface area contributed by atoms with Crippen LogP contribution >= 0.6 is 15.9 Å². The lowest BCUT2D eigenvalue weighted by molar-refractivity contribution is -0.384. The fourth-order valence-electron chi connectivity index (χ4n) is 1.45. The van der Waals surface area contributed by atoms with Crippen molar-refractivity contribution in [1.29, 1.82) is 0 Å². The summed E-state index contributed by atoms with van der Waals surface area (Å²) in [7, 11) is 0. The van der Waals surface area contributed by atoms with Crippen molar-refractivity contribution in [2.24, 2.45) is 0 Å². The smallest absolute Gasteiger partial charge is 0.270 e. The average molecular weight is 312 g/mol. The van der Waals surface area contributed by atoms with Gasteiger partial charge >= 0.3 is 0 Å². The van der Waals surface area contributed by atoms with E-state index in [9.17, 15) is 10.1 Å². The third kappa shape index (κ3) is 3.14. The van der Waals surface area contributed by atoms with Crippen molar-refractivity contribution in [2.45, 2.75) is 13.1 Å². The normalized spacial score (nSPS) is 10.5. The fraction of sp³-hybridized carbons (Fsp3) is 0.182. The molecule has 0 saturated carbocycles. The zero-order valence-corrected chi connectivity index (χ0v) is 10.9. The zero-order valence-electron chi connectivity index (χ0n) is 9.30. The molecule has 0 fully saturated rings. The maximum atomic E-state index is 10.6. The highest BCUT2D eigenvalue weighted by atomic mass is 79.9. The van der Waals surface area contributed by atoms with Crippen molar-refractivity contribution in [3.05, 3.63) is 56.4 Å². The van der Waals surface area contributed by atoms with Crippen molar-refractivity contribution in [3.8, 4) is 0 Å². The van der Waals surface area contributed by atoms with Gasteiger partial charge in [0, 0.05) is 29.2 Å². The quantitative estimate of drug-likeness (QED) is 0.678. The van der Waals surface area contributed by atoms with E-state index in [4.69, 9.17) is 4.52 Å². The zero-order chi connectivity index (χ0) is 13.0. The summed E-state index contributed by atoms with van der Waals surface area (Å²) in [6, 6.07) is 6.47. The molecular weight excluding hydrogens is 302 g/mol. The van der Waals surface area contributed by atoms with Gasteiger partial charge < -0.3 is 9.84 Å². The molecule has 1 N–H and O–H groups in total. The van der Waals surface area contributed by atoms with Crippen LogP contribution < -0.4 is 5.32 Å². The Kier molecular flexibility index (Phi) is 4.06. The molecule has 0 unspecified atom stereocenters. The minimum Gasteiger partial charge on any atom is -0.360 e. The van der Waals surface area contributed by atoms with Crippen LogP contribution in [0.1, 0.15) is 11.3 Å². The Bertz CT molecular complexity index is 542. The number of nitrogens with one attached hydrogen (secondary N) is 1. The largest absolute Gasteiger partial charge is 0.360 e. The molecule has 1 aromatic heterocycles. The molecule has 18 heavy (non-hydrogen) atoms. The summed E-state index contributed by atoms with van der Waals surface area (Å²) < 4.78 is 5.65. The lowest BCUT2D eigenvalue weighted by Crippen LogP contribution is -2.12. The van der Waals surface area contributed by atoms with E-state index in [1.165, 1.54) is 12.1 Å². The van der Waals surface area contributed by atoms with E-state index in [-0.39, 0.29) is 5.69 Å². The number of aromatic nitrogens is 1. The first-order valence-corrected chi connectivity index (χ1v) is 5.99. The maximum Gasteiger partial charge on any atom is 0.270 e. The van der Waals surface area contributed by atoms with E-state index in [0.29, 0.717) is 17.6 Å². The summed E-state index contributed by atoms with van der Waals surface area (Å²) in [4.78, 5) is 10.2. The number of hydrogen-bond donors (Lipinski definition) is 1. The van der Waals surface area contributed by atoms with Crippen LogP contribution in [-0.4, -0.2) is 10.1 Å². The Labute approximate surface area is 111 Å². The van der Waals surface area contributed by atoms with Gasteiger partial charge in [-0.25, -0.2) is 0 Å². The summed E-state index contributed by atoms with van der Waals surface area (Å²) in [5.74, 6) is 0.744. The fourth-order valence-corrected chi connectivity index (χ4v) is 1.95. The molecule has 6 nitrogen and oxygen atoms in total. The first kappa shape index (κ1) is 12.7. The Morgan fingerprint density at radius 2 is 2.22 bits per heavy atom. The Hall–Kier alpha value is -1.73. The number of nitro groups is 1. The summed E-state index contributed by atoms with van der Waals surface area (Å²) >= 11 is 3.31. The van der Waals surface area contributed by atoms with E-state index in [1.54, 1.807) is 18.3 Å². The van der Waals surface area contributed by atoms with Gasteiger partial charge in [-0.3, -0.25) is 10.1 Å². The lowest BCUT2D eigenvalue weighted by atomic mass is 10.2. The van der Waals surface area contributed by atoms with Crippen LogP contribution in [0.3, 0.4) is 0 Å². The van der Waals surface area contributed by atoms with Crippen molar-refractivity contribution in [3.63, 3.8) is 0 Å². The summed E-state index contributed by atoms with van der Waals surface area (Å²) in [5.41, 5.74) is 1.01. The molecule has 1 heterocycles. The molecule has 2 rings (SSSR count). The number of benzene rings is 1. The molecule has 1 aromatic carbocycles. The molecule has 0 aliphatic rings. The molecule has 0 radical (unpaired) electrons. The molecule has 7 heteroatoms. The van der Waals surface area contributed by atoms with Gasteiger partial charge in [0.1, 0.15) is 5.76 Å². The minimum absolute atomic E-state index is 0.0702. The van der Waals surface area contributed by atoms with Gasteiger partial charge in [0.05, 0.1) is 17.7 Å². The molecule has 0 aliphatic carbocycles. The van der Waals surface area contributed by atoms with Gasteiger partial charge in [-0.15, -0.1) is 0 Å². The summed E-state index contributed by atoms with van der Waals surface area (Å²) in [6.45, 7) is 1.14. The van der Waals surface area contributed by atoms with Crippen LogP contribution in [-0.2, 0) is 13.1 Å². The van der Waals surface area contributed by atoms with Crippen LogP contribution in [0.2, 0.25) is 0 Å². The third-order valence-electron chi connectivity index (χ3n) is 2.35. The van der Waals surface area contributed by atoms with Crippen LogP contribution in [0.4, 0.5) is 5.69 Å². The van der Waals surface area contributed by atoms with Crippen molar-refractivity contribution < 1.29 is 9.45 Å². The second-order valence-corrected chi connectivity index (χ2v) is 4.47. The molecule has 0 spiro atoms. The molecule has 0 atom stereocenters. The number of nitro benzene ring substituents is 1. The molecule has 0 saturated heterocycles. The number of halogens is 1. The Morgan fingerprint density at radius 3 is 2.83 bits per heavy atom. The number of non-ortho nitro benzene ring substituents is 1.